The van der Waals surface area contributed by atoms with Gasteiger partial charge >= 0.3 is 0 Å². The summed E-state index contributed by atoms with van der Waals surface area (Å²) >= 11 is 0. The van der Waals surface area contributed by atoms with Crippen LogP contribution in [0.4, 0.5) is 0 Å². The van der Waals surface area contributed by atoms with Crippen LogP contribution in [0.3, 0.4) is 0 Å². The zero-order chi connectivity index (χ0) is 17.8. The molecule has 2 aromatic rings. The Kier molecular flexibility index (Phi) is 3.40. The second-order valence-corrected chi connectivity index (χ2v) is 8.01. The molecule has 0 saturated heterocycles. The van der Waals surface area contributed by atoms with Crippen molar-refractivity contribution in [2.45, 2.75) is 32.6 Å². The van der Waals surface area contributed by atoms with Crippen molar-refractivity contribution in [1.82, 2.24) is 0 Å². The average molecular weight is 328 g/mol. The molecule has 0 spiro atoms. The van der Waals surface area contributed by atoms with E-state index in [1.54, 1.807) is 0 Å². The monoisotopic (exact) mass is 328 g/mol. The molecule has 1 nitrogen and oxygen atoms in total. The van der Waals surface area contributed by atoms with E-state index in [-0.39, 0.29) is 11.3 Å². The van der Waals surface area contributed by atoms with Gasteiger partial charge in [-0.3, -0.25) is 4.79 Å². The number of benzene rings is 2. The van der Waals surface area contributed by atoms with Gasteiger partial charge < -0.3 is 0 Å². The van der Waals surface area contributed by atoms with Crippen LogP contribution in [0.15, 0.2) is 78.4 Å². The van der Waals surface area contributed by atoms with Gasteiger partial charge in [-0.1, -0.05) is 92.2 Å². The lowest BCUT2D eigenvalue weighted by Gasteiger charge is -2.63. The lowest BCUT2D eigenvalue weighted by molar-refractivity contribution is -0.150. The molecule has 1 heteroatoms. The molecule has 1 saturated carbocycles. The fourth-order valence-electron chi connectivity index (χ4n) is 5.40. The van der Waals surface area contributed by atoms with Gasteiger partial charge in [0.1, 0.15) is 0 Å². The van der Waals surface area contributed by atoms with Gasteiger partial charge in [-0.05, 0) is 30.0 Å². The van der Waals surface area contributed by atoms with E-state index in [9.17, 15) is 4.79 Å². The number of carbonyl (C=O) groups excluding carboxylic acids is 1. The SMILES string of the molecule is C=C1CC(C)=C(c2ccccc2)[C@@]2(c3ccccc3)C(=O)C(C)(C)[C@@H]12. The molecule has 0 amide bonds. The first kappa shape index (κ1) is 16.1. The molecular formula is C24H24O. The molecule has 0 heterocycles. The Labute approximate surface area is 150 Å². The summed E-state index contributed by atoms with van der Waals surface area (Å²) in [7, 11) is 0. The lowest BCUT2D eigenvalue weighted by atomic mass is 9.37. The molecule has 126 valence electrons. The van der Waals surface area contributed by atoms with E-state index in [4.69, 9.17) is 0 Å². The maximum atomic E-state index is 13.6. The highest BCUT2D eigenvalue weighted by Crippen LogP contribution is 2.68. The number of fused-ring (bicyclic) bond motifs is 1. The van der Waals surface area contributed by atoms with Gasteiger partial charge in [-0.2, -0.15) is 0 Å². The third kappa shape index (κ3) is 1.93. The second kappa shape index (κ2) is 5.29. The van der Waals surface area contributed by atoms with E-state index in [1.165, 1.54) is 16.7 Å². The summed E-state index contributed by atoms with van der Waals surface area (Å²) in [6.45, 7) is 10.7. The van der Waals surface area contributed by atoms with Crippen LogP contribution in [-0.4, -0.2) is 5.78 Å². The van der Waals surface area contributed by atoms with Gasteiger partial charge in [0, 0.05) is 11.3 Å². The number of rotatable bonds is 2. The molecule has 1 fully saturated rings. The van der Waals surface area contributed by atoms with Crippen LogP contribution in [0.25, 0.3) is 5.57 Å². The van der Waals surface area contributed by atoms with E-state index in [1.807, 2.05) is 24.3 Å². The average Bonchev–Trinajstić information content (AvgIpc) is 2.61. The van der Waals surface area contributed by atoms with Crippen molar-refractivity contribution in [3.05, 3.63) is 89.5 Å². The van der Waals surface area contributed by atoms with Crippen molar-refractivity contribution in [3.63, 3.8) is 0 Å². The van der Waals surface area contributed by atoms with Crippen molar-refractivity contribution >= 4 is 11.4 Å². The van der Waals surface area contributed by atoms with Gasteiger partial charge in [0.25, 0.3) is 0 Å². The fourth-order valence-corrected chi connectivity index (χ4v) is 5.40. The van der Waals surface area contributed by atoms with Crippen LogP contribution >= 0.6 is 0 Å². The van der Waals surface area contributed by atoms with Crippen molar-refractivity contribution < 1.29 is 4.79 Å². The molecular weight excluding hydrogens is 304 g/mol. The number of allylic oxidation sites excluding steroid dienone is 3. The topological polar surface area (TPSA) is 17.1 Å². The first-order chi connectivity index (χ1) is 11.9. The van der Waals surface area contributed by atoms with Crippen molar-refractivity contribution in [2.24, 2.45) is 11.3 Å². The Bertz CT molecular complexity index is 886. The minimum absolute atomic E-state index is 0.147. The van der Waals surface area contributed by atoms with Crippen LogP contribution in [-0.2, 0) is 10.2 Å². The molecule has 2 aliphatic carbocycles. The molecule has 0 unspecified atom stereocenters. The summed E-state index contributed by atoms with van der Waals surface area (Å²) < 4.78 is 0. The van der Waals surface area contributed by atoms with E-state index < -0.39 is 5.41 Å². The standard InChI is InChI=1S/C24H24O/c1-16-15-17(2)21-23(3,4)22(25)24(21,19-13-9-6-10-14-19)20(16)18-11-7-5-8-12-18/h5-14,21H,2,15H2,1,3-4H3/t21-,24-/m1/s1. The Balaban J connectivity index is 2.07. The zero-order valence-electron chi connectivity index (χ0n) is 15.2. The predicted molar refractivity (Wildman–Crippen MR) is 103 cm³/mol. The molecule has 4 rings (SSSR count). The smallest absolute Gasteiger partial charge is 0.154 e. The first-order valence-corrected chi connectivity index (χ1v) is 8.95. The summed E-state index contributed by atoms with van der Waals surface area (Å²) in [5.74, 6) is 0.462. The van der Waals surface area contributed by atoms with Crippen LogP contribution < -0.4 is 0 Å². The van der Waals surface area contributed by atoms with Gasteiger partial charge in [0.2, 0.25) is 0 Å². The number of carbonyl (C=O) groups is 1. The van der Waals surface area contributed by atoms with E-state index in [2.05, 4.69) is 63.7 Å². The fraction of sp³-hybridized carbons (Fsp3) is 0.292. The molecule has 0 N–H and O–H groups in total. The minimum Gasteiger partial charge on any atom is -0.298 e. The largest absolute Gasteiger partial charge is 0.298 e. The normalized spacial score (nSPS) is 27.7. The van der Waals surface area contributed by atoms with Crippen LogP contribution in [0.5, 0.6) is 0 Å². The minimum atomic E-state index is -0.592. The van der Waals surface area contributed by atoms with Crippen molar-refractivity contribution in [2.75, 3.05) is 0 Å². The molecule has 2 aliphatic rings. The summed E-state index contributed by atoms with van der Waals surface area (Å²) in [6, 6.07) is 20.7. The van der Waals surface area contributed by atoms with Gasteiger partial charge in [-0.25, -0.2) is 0 Å². The van der Waals surface area contributed by atoms with E-state index in [0.717, 1.165) is 17.5 Å². The highest BCUT2D eigenvalue weighted by atomic mass is 16.1. The number of hydrogen-bond donors (Lipinski definition) is 0. The lowest BCUT2D eigenvalue weighted by Crippen LogP contribution is -2.68. The van der Waals surface area contributed by atoms with Gasteiger partial charge in [0.05, 0.1) is 5.41 Å². The molecule has 0 aliphatic heterocycles. The Morgan fingerprint density at radius 1 is 0.960 bits per heavy atom. The quantitative estimate of drug-likeness (QED) is 0.657. The molecule has 0 radical (unpaired) electrons. The highest BCUT2D eigenvalue weighted by Gasteiger charge is 2.70. The molecule has 0 aromatic heterocycles. The second-order valence-electron chi connectivity index (χ2n) is 8.01. The molecule has 25 heavy (non-hydrogen) atoms. The molecule has 0 bridgehead atoms. The Morgan fingerprint density at radius 2 is 1.52 bits per heavy atom. The van der Waals surface area contributed by atoms with Gasteiger partial charge in [-0.15, -0.1) is 0 Å². The van der Waals surface area contributed by atoms with Crippen LogP contribution in [0, 0.1) is 11.3 Å². The summed E-state index contributed by atoms with van der Waals surface area (Å²) in [5.41, 5.74) is 4.94. The summed E-state index contributed by atoms with van der Waals surface area (Å²) in [4.78, 5) is 13.6. The van der Waals surface area contributed by atoms with E-state index >= 15 is 0 Å². The third-order valence-electron chi connectivity index (χ3n) is 6.11. The Morgan fingerprint density at radius 3 is 2.12 bits per heavy atom. The van der Waals surface area contributed by atoms with Crippen molar-refractivity contribution in [1.29, 1.82) is 0 Å². The number of ketones is 1. The van der Waals surface area contributed by atoms with E-state index in [0.29, 0.717) is 5.78 Å². The van der Waals surface area contributed by atoms with Gasteiger partial charge in [0.15, 0.2) is 5.78 Å². The predicted octanol–water partition coefficient (Wildman–Crippen LogP) is 5.58. The summed E-state index contributed by atoms with van der Waals surface area (Å²) in [6.07, 6.45) is 0.875. The highest BCUT2D eigenvalue weighted by molar-refractivity contribution is 6.14. The van der Waals surface area contributed by atoms with Crippen LogP contribution in [0.2, 0.25) is 0 Å². The third-order valence-corrected chi connectivity index (χ3v) is 6.11. The first-order valence-electron chi connectivity index (χ1n) is 8.95. The number of Topliss-reactive ketones (excluding diaryl/α,β-unsaturated/α-hetero) is 1. The molecule has 2 atom stereocenters. The number of hydrogen-bond acceptors (Lipinski definition) is 1. The maximum absolute atomic E-state index is 13.6. The van der Waals surface area contributed by atoms with Crippen molar-refractivity contribution in [3.8, 4) is 0 Å². The zero-order valence-corrected chi connectivity index (χ0v) is 15.2. The van der Waals surface area contributed by atoms with Crippen LogP contribution in [0.1, 0.15) is 38.3 Å². The molecule has 2 aromatic carbocycles. The Hall–Kier alpha value is -2.41. The maximum Gasteiger partial charge on any atom is 0.154 e. The summed E-state index contributed by atoms with van der Waals surface area (Å²) in [5, 5.41) is 0.